The van der Waals surface area contributed by atoms with Gasteiger partial charge in [-0.05, 0) is 30.3 Å². The molecule has 36 heavy (non-hydrogen) atoms. The highest BCUT2D eigenvalue weighted by Crippen LogP contribution is 2.22. The van der Waals surface area contributed by atoms with Gasteiger partial charge in [0.1, 0.15) is 18.2 Å². The fourth-order valence-corrected chi connectivity index (χ4v) is 3.97. The first-order valence-electron chi connectivity index (χ1n) is 11.0. The number of aromatic nitrogens is 4. The number of benzene rings is 3. The molecule has 0 fully saturated rings. The molecule has 0 bridgehead atoms. The van der Waals surface area contributed by atoms with Crippen LogP contribution in [0.3, 0.4) is 0 Å². The number of ether oxygens (including phenoxy) is 1. The molecule has 0 unspecified atom stereocenters. The van der Waals surface area contributed by atoms with E-state index in [4.69, 9.17) is 4.74 Å². The predicted molar refractivity (Wildman–Crippen MR) is 133 cm³/mol. The molecule has 9 heteroatoms. The number of fused-ring (bicyclic) bond motifs is 2. The minimum absolute atomic E-state index is 0.0944. The third-order valence-electron chi connectivity index (χ3n) is 5.75. The molecule has 9 nitrogen and oxygen atoms in total. The Morgan fingerprint density at radius 3 is 2.39 bits per heavy atom. The molecule has 2 heterocycles. The zero-order valence-electron chi connectivity index (χ0n) is 19.1. The van der Waals surface area contributed by atoms with Crippen LogP contribution in [0.2, 0.25) is 0 Å². The number of nitriles is 1. The van der Waals surface area contributed by atoms with E-state index in [2.05, 4.69) is 10.1 Å². The van der Waals surface area contributed by atoms with Crippen LogP contribution in [0.15, 0.2) is 89.4 Å². The summed E-state index contributed by atoms with van der Waals surface area (Å²) in [6.45, 7) is -0.578. The number of hydrogen-bond acceptors (Lipinski definition) is 7. The standard InChI is InChI=1S/C27H19N5O4/c1-31-22-14-8-7-13-21(22)29-25(31)20(15-28)23(33)16-36-27(35)24-18-11-5-6-12-19(18)26(34)32(30-24)17-9-3-2-4-10-17/h2-14,33H,16H2,1H3. The number of aliphatic hydroxyl groups is 1. The van der Waals surface area contributed by atoms with E-state index in [1.165, 1.54) is 0 Å². The summed E-state index contributed by atoms with van der Waals surface area (Å²) in [5.74, 6) is -1.07. The molecule has 0 aliphatic heterocycles. The molecule has 0 atom stereocenters. The maximum atomic E-state index is 13.1. The number of carbonyl (C=O) groups is 1. The smallest absolute Gasteiger partial charge is 0.359 e. The van der Waals surface area contributed by atoms with Gasteiger partial charge in [0.25, 0.3) is 5.56 Å². The highest BCUT2D eigenvalue weighted by molar-refractivity contribution is 6.02. The van der Waals surface area contributed by atoms with Crippen molar-refractivity contribution >= 4 is 33.3 Å². The number of imidazole rings is 1. The summed E-state index contributed by atoms with van der Waals surface area (Å²) < 4.78 is 8.15. The lowest BCUT2D eigenvalue weighted by molar-refractivity contribution is 0.0496. The number of rotatable bonds is 5. The van der Waals surface area contributed by atoms with Gasteiger partial charge >= 0.3 is 5.97 Å². The van der Waals surface area contributed by atoms with Gasteiger partial charge in [-0.3, -0.25) is 4.79 Å². The Morgan fingerprint density at radius 1 is 1.00 bits per heavy atom. The lowest BCUT2D eigenvalue weighted by atomic mass is 10.1. The summed E-state index contributed by atoms with van der Waals surface area (Å²) in [7, 11) is 1.73. The van der Waals surface area contributed by atoms with Crippen LogP contribution < -0.4 is 5.56 Å². The topological polar surface area (TPSA) is 123 Å². The van der Waals surface area contributed by atoms with Crippen molar-refractivity contribution in [1.29, 1.82) is 5.26 Å². The number of carbonyl (C=O) groups excluding carboxylic acids is 1. The molecule has 2 aromatic heterocycles. The first-order valence-corrected chi connectivity index (χ1v) is 11.0. The van der Waals surface area contributed by atoms with Crippen molar-refractivity contribution in [2.45, 2.75) is 0 Å². The van der Waals surface area contributed by atoms with E-state index < -0.39 is 18.3 Å². The Morgan fingerprint density at radius 2 is 1.67 bits per heavy atom. The highest BCUT2D eigenvalue weighted by atomic mass is 16.5. The highest BCUT2D eigenvalue weighted by Gasteiger charge is 2.21. The maximum Gasteiger partial charge on any atom is 0.359 e. The second-order valence-electron chi connectivity index (χ2n) is 7.94. The van der Waals surface area contributed by atoms with Gasteiger partial charge in [-0.1, -0.05) is 48.5 Å². The van der Waals surface area contributed by atoms with Gasteiger partial charge in [-0.25, -0.2) is 9.78 Å². The number of esters is 1. The Labute approximate surface area is 204 Å². The molecule has 3 aromatic carbocycles. The van der Waals surface area contributed by atoms with Gasteiger partial charge in [0.15, 0.2) is 17.3 Å². The van der Waals surface area contributed by atoms with Crippen LogP contribution in [0.4, 0.5) is 0 Å². The third-order valence-corrected chi connectivity index (χ3v) is 5.75. The molecule has 0 aliphatic carbocycles. The second kappa shape index (κ2) is 9.19. The van der Waals surface area contributed by atoms with Gasteiger partial charge in [-0.15, -0.1) is 0 Å². The van der Waals surface area contributed by atoms with E-state index >= 15 is 0 Å². The number of para-hydroxylation sites is 3. The Hall–Kier alpha value is -5.23. The molecule has 0 saturated carbocycles. The molecular weight excluding hydrogens is 458 g/mol. The van der Waals surface area contributed by atoms with Crippen molar-refractivity contribution < 1.29 is 14.6 Å². The van der Waals surface area contributed by atoms with Crippen LogP contribution in [0.1, 0.15) is 16.3 Å². The number of aryl methyl sites for hydroxylation is 1. The minimum Gasteiger partial charge on any atom is -0.507 e. The fourth-order valence-electron chi connectivity index (χ4n) is 3.97. The fraction of sp³-hybridized carbons (Fsp3) is 0.0741. The molecule has 176 valence electrons. The Balaban J connectivity index is 1.51. The molecule has 0 radical (unpaired) electrons. The van der Waals surface area contributed by atoms with Crippen molar-refractivity contribution in [3.05, 3.63) is 106 Å². The third kappa shape index (κ3) is 3.86. The van der Waals surface area contributed by atoms with Gasteiger partial charge < -0.3 is 14.4 Å². The van der Waals surface area contributed by atoms with Crippen molar-refractivity contribution in [1.82, 2.24) is 19.3 Å². The van der Waals surface area contributed by atoms with Gasteiger partial charge in [0, 0.05) is 12.4 Å². The largest absolute Gasteiger partial charge is 0.507 e. The van der Waals surface area contributed by atoms with E-state index in [0.29, 0.717) is 22.0 Å². The normalized spacial score (nSPS) is 11.8. The summed E-state index contributed by atoms with van der Waals surface area (Å²) in [5.41, 5.74) is 1.33. The lowest BCUT2D eigenvalue weighted by Crippen LogP contribution is -2.25. The zero-order valence-corrected chi connectivity index (χ0v) is 19.1. The minimum atomic E-state index is -0.857. The Kier molecular flexibility index (Phi) is 5.76. The summed E-state index contributed by atoms with van der Waals surface area (Å²) in [5, 5.41) is 25.2. The second-order valence-corrected chi connectivity index (χ2v) is 7.94. The Bertz CT molecular complexity index is 1760. The summed E-state index contributed by atoms with van der Waals surface area (Å²) >= 11 is 0. The quantitative estimate of drug-likeness (QED) is 0.231. The van der Waals surface area contributed by atoms with E-state index in [9.17, 15) is 20.0 Å². The first kappa shape index (κ1) is 22.6. The SMILES string of the molecule is Cn1c(C(C#N)=C(O)COC(=O)c2nn(-c3ccccc3)c(=O)c3ccccc23)nc2ccccc21. The van der Waals surface area contributed by atoms with Gasteiger partial charge in [-0.2, -0.15) is 15.0 Å². The predicted octanol–water partition coefficient (Wildman–Crippen LogP) is 3.92. The van der Waals surface area contributed by atoms with Crippen LogP contribution in [0, 0.1) is 11.3 Å². The van der Waals surface area contributed by atoms with Crippen molar-refractivity contribution in [2.24, 2.45) is 7.05 Å². The molecule has 1 N–H and O–H groups in total. The molecule has 0 aliphatic rings. The summed E-state index contributed by atoms with van der Waals surface area (Å²) in [4.78, 5) is 30.5. The van der Waals surface area contributed by atoms with Crippen LogP contribution >= 0.6 is 0 Å². The van der Waals surface area contributed by atoms with E-state index in [1.807, 2.05) is 24.3 Å². The lowest BCUT2D eigenvalue weighted by Gasteiger charge is -2.11. The summed E-state index contributed by atoms with van der Waals surface area (Å²) in [6.07, 6.45) is 0. The number of hydrogen-bond donors (Lipinski definition) is 1. The molecule has 5 rings (SSSR count). The zero-order chi connectivity index (χ0) is 25.2. The van der Waals surface area contributed by atoms with E-state index in [1.54, 1.807) is 72.3 Å². The van der Waals surface area contributed by atoms with Crippen molar-refractivity contribution in [3.63, 3.8) is 0 Å². The molecular formula is C27H19N5O4. The number of nitrogens with zero attached hydrogens (tertiary/aromatic N) is 5. The summed E-state index contributed by atoms with van der Waals surface area (Å²) in [6, 6.07) is 24.5. The number of aliphatic hydroxyl groups excluding tert-OH is 1. The average Bonchev–Trinajstić information content (AvgIpc) is 3.24. The number of allylic oxidation sites excluding steroid dienone is 1. The average molecular weight is 477 g/mol. The van der Waals surface area contributed by atoms with Crippen LogP contribution in [-0.4, -0.2) is 37.0 Å². The first-order chi connectivity index (χ1) is 17.5. The van der Waals surface area contributed by atoms with E-state index in [-0.39, 0.29) is 22.7 Å². The molecule has 5 aromatic rings. The van der Waals surface area contributed by atoms with Crippen LogP contribution in [0.5, 0.6) is 0 Å². The monoisotopic (exact) mass is 477 g/mol. The van der Waals surface area contributed by atoms with Crippen molar-refractivity contribution in [3.8, 4) is 11.8 Å². The van der Waals surface area contributed by atoms with Crippen LogP contribution in [0.25, 0.3) is 33.1 Å². The van der Waals surface area contributed by atoms with Gasteiger partial charge in [0.05, 0.1) is 22.1 Å². The van der Waals surface area contributed by atoms with Crippen LogP contribution in [-0.2, 0) is 11.8 Å². The van der Waals surface area contributed by atoms with Gasteiger partial charge in [0.2, 0.25) is 0 Å². The maximum absolute atomic E-state index is 13.1. The molecule has 0 amide bonds. The molecule has 0 spiro atoms. The molecule has 0 saturated heterocycles. The van der Waals surface area contributed by atoms with Crippen molar-refractivity contribution in [2.75, 3.05) is 6.61 Å². The van der Waals surface area contributed by atoms with E-state index in [0.717, 1.165) is 10.2 Å².